The highest BCUT2D eigenvalue weighted by Gasteiger charge is 2.27. The highest BCUT2D eigenvalue weighted by atomic mass is 16.5. The van der Waals surface area contributed by atoms with Gasteiger partial charge in [-0.15, -0.1) is 0 Å². The summed E-state index contributed by atoms with van der Waals surface area (Å²) in [6.45, 7) is 8.80. The third kappa shape index (κ3) is 4.27. The molecule has 0 aromatic carbocycles. The second-order valence-electron chi connectivity index (χ2n) is 4.01. The first-order chi connectivity index (χ1) is 5.94. The molecule has 0 saturated carbocycles. The summed E-state index contributed by atoms with van der Waals surface area (Å²) >= 11 is 0. The molecule has 0 aliphatic rings. The van der Waals surface area contributed by atoms with Crippen molar-refractivity contribution in [2.24, 2.45) is 5.92 Å². The fourth-order valence-corrected chi connectivity index (χ4v) is 0.901. The lowest BCUT2D eigenvalue weighted by Crippen LogP contribution is -2.48. The van der Waals surface area contributed by atoms with Gasteiger partial charge in [0.25, 0.3) is 0 Å². The molecule has 0 amide bonds. The minimum Gasteiger partial charge on any atom is -0.468 e. The van der Waals surface area contributed by atoms with Crippen LogP contribution in [0.5, 0.6) is 0 Å². The molecule has 0 aliphatic heterocycles. The van der Waals surface area contributed by atoms with Crippen LogP contribution >= 0.6 is 0 Å². The van der Waals surface area contributed by atoms with Crippen LogP contribution in [0.3, 0.4) is 0 Å². The van der Waals surface area contributed by atoms with Gasteiger partial charge in [-0.2, -0.15) is 0 Å². The fourth-order valence-electron chi connectivity index (χ4n) is 0.901. The van der Waals surface area contributed by atoms with E-state index in [0.717, 1.165) is 13.0 Å². The molecule has 0 heterocycles. The molecule has 0 radical (unpaired) electrons. The number of ether oxygens (including phenoxy) is 1. The van der Waals surface area contributed by atoms with Crippen LogP contribution in [0.4, 0.5) is 0 Å². The molecule has 13 heavy (non-hydrogen) atoms. The van der Waals surface area contributed by atoms with Gasteiger partial charge in [0.15, 0.2) is 0 Å². The van der Waals surface area contributed by atoms with Crippen molar-refractivity contribution in [3.05, 3.63) is 0 Å². The number of carbonyl (C=O) groups is 1. The molecular weight excluding hydrogens is 166 g/mol. The lowest BCUT2D eigenvalue weighted by atomic mass is 10.0. The summed E-state index contributed by atoms with van der Waals surface area (Å²) in [5.41, 5.74) is -0.571. The van der Waals surface area contributed by atoms with Gasteiger partial charge in [0.2, 0.25) is 0 Å². The quantitative estimate of drug-likeness (QED) is 0.664. The van der Waals surface area contributed by atoms with Crippen molar-refractivity contribution in [1.82, 2.24) is 5.32 Å². The van der Waals surface area contributed by atoms with E-state index in [2.05, 4.69) is 23.9 Å². The first kappa shape index (κ1) is 12.4. The van der Waals surface area contributed by atoms with E-state index in [1.165, 1.54) is 7.11 Å². The minimum atomic E-state index is -0.571. The van der Waals surface area contributed by atoms with Crippen molar-refractivity contribution in [1.29, 1.82) is 0 Å². The first-order valence-electron chi connectivity index (χ1n) is 4.77. The summed E-state index contributed by atoms with van der Waals surface area (Å²) in [6.07, 6.45) is 1.12. The van der Waals surface area contributed by atoms with Gasteiger partial charge in [0.1, 0.15) is 5.54 Å². The molecule has 0 aromatic rings. The van der Waals surface area contributed by atoms with Crippen LogP contribution in [-0.2, 0) is 9.53 Å². The van der Waals surface area contributed by atoms with E-state index < -0.39 is 5.54 Å². The van der Waals surface area contributed by atoms with Crippen LogP contribution < -0.4 is 5.32 Å². The lowest BCUT2D eigenvalue weighted by Gasteiger charge is -2.24. The summed E-state index contributed by atoms with van der Waals surface area (Å²) in [5.74, 6) is 0.375. The molecule has 0 spiro atoms. The molecule has 3 heteroatoms. The number of rotatable bonds is 5. The van der Waals surface area contributed by atoms with Crippen LogP contribution in [0.2, 0.25) is 0 Å². The predicted molar refractivity (Wildman–Crippen MR) is 53.6 cm³/mol. The number of hydrogen-bond donors (Lipinski definition) is 1. The Bertz CT molecular complexity index is 166. The normalized spacial score (nSPS) is 13.9. The van der Waals surface area contributed by atoms with Gasteiger partial charge in [-0.25, -0.2) is 0 Å². The number of hydrogen-bond acceptors (Lipinski definition) is 3. The number of carbonyl (C=O) groups excluding carboxylic acids is 1. The Balaban J connectivity index is 3.95. The van der Waals surface area contributed by atoms with E-state index in [4.69, 9.17) is 0 Å². The standard InChI is InChI=1S/C10H21NO2/c1-6-8(2)7-11-10(3,4)9(12)13-5/h8,11H,6-7H2,1-5H3. The van der Waals surface area contributed by atoms with E-state index >= 15 is 0 Å². The fraction of sp³-hybridized carbons (Fsp3) is 0.900. The maximum Gasteiger partial charge on any atom is 0.325 e. The van der Waals surface area contributed by atoms with Gasteiger partial charge in [-0.1, -0.05) is 20.3 Å². The molecule has 0 aliphatic carbocycles. The topological polar surface area (TPSA) is 38.3 Å². The Labute approximate surface area is 80.8 Å². The maximum atomic E-state index is 11.2. The van der Waals surface area contributed by atoms with E-state index in [1.807, 2.05) is 13.8 Å². The average molecular weight is 187 g/mol. The molecule has 0 aromatic heterocycles. The Morgan fingerprint density at radius 2 is 2.08 bits per heavy atom. The Kier molecular flexibility index (Phi) is 4.99. The van der Waals surface area contributed by atoms with Crippen molar-refractivity contribution in [3.8, 4) is 0 Å². The lowest BCUT2D eigenvalue weighted by molar-refractivity contribution is -0.147. The van der Waals surface area contributed by atoms with E-state index in [1.54, 1.807) is 0 Å². The van der Waals surface area contributed by atoms with Crippen LogP contribution in [-0.4, -0.2) is 25.2 Å². The molecule has 0 saturated heterocycles. The second-order valence-corrected chi connectivity index (χ2v) is 4.01. The Hall–Kier alpha value is -0.570. The summed E-state index contributed by atoms with van der Waals surface area (Å²) in [5, 5.41) is 3.19. The highest BCUT2D eigenvalue weighted by molar-refractivity contribution is 5.79. The molecule has 0 fully saturated rings. The molecule has 3 nitrogen and oxygen atoms in total. The van der Waals surface area contributed by atoms with Crippen LogP contribution in [0.1, 0.15) is 34.1 Å². The van der Waals surface area contributed by atoms with Gasteiger partial charge in [0, 0.05) is 0 Å². The largest absolute Gasteiger partial charge is 0.468 e. The molecule has 0 rings (SSSR count). The van der Waals surface area contributed by atoms with Crippen LogP contribution in [0, 0.1) is 5.92 Å². The Morgan fingerprint density at radius 3 is 2.46 bits per heavy atom. The molecule has 78 valence electrons. The highest BCUT2D eigenvalue weighted by Crippen LogP contribution is 2.06. The zero-order valence-corrected chi connectivity index (χ0v) is 9.31. The molecule has 0 bridgehead atoms. The van der Waals surface area contributed by atoms with Crippen LogP contribution in [0.15, 0.2) is 0 Å². The molecule has 1 atom stereocenters. The third-order valence-electron chi connectivity index (χ3n) is 2.29. The smallest absolute Gasteiger partial charge is 0.325 e. The summed E-state index contributed by atoms with van der Waals surface area (Å²) < 4.78 is 4.68. The van der Waals surface area contributed by atoms with Gasteiger partial charge in [-0.3, -0.25) is 4.79 Å². The second kappa shape index (κ2) is 5.22. The first-order valence-corrected chi connectivity index (χ1v) is 4.77. The SMILES string of the molecule is CCC(C)CNC(C)(C)C(=O)OC. The number of methoxy groups -OCH3 is 1. The van der Waals surface area contributed by atoms with Gasteiger partial charge in [-0.05, 0) is 26.3 Å². The van der Waals surface area contributed by atoms with E-state index in [9.17, 15) is 4.79 Å². The summed E-state index contributed by atoms with van der Waals surface area (Å²) in [6, 6.07) is 0. The van der Waals surface area contributed by atoms with Crippen molar-refractivity contribution in [2.45, 2.75) is 39.7 Å². The van der Waals surface area contributed by atoms with Crippen molar-refractivity contribution < 1.29 is 9.53 Å². The zero-order chi connectivity index (χ0) is 10.5. The Morgan fingerprint density at radius 1 is 1.54 bits per heavy atom. The maximum absolute atomic E-state index is 11.2. The van der Waals surface area contributed by atoms with Gasteiger partial charge >= 0.3 is 5.97 Å². The summed E-state index contributed by atoms with van der Waals surface area (Å²) in [4.78, 5) is 11.2. The van der Waals surface area contributed by atoms with E-state index in [0.29, 0.717) is 5.92 Å². The number of esters is 1. The molecular formula is C10H21NO2. The minimum absolute atomic E-state index is 0.212. The monoisotopic (exact) mass is 187 g/mol. The van der Waals surface area contributed by atoms with Gasteiger partial charge < -0.3 is 10.1 Å². The molecule has 1 N–H and O–H groups in total. The van der Waals surface area contributed by atoms with Crippen molar-refractivity contribution in [2.75, 3.05) is 13.7 Å². The zero-order valence-electron chi connectivity index (χ0n) is 9.31. The summed E-state index contributed by atoms with van der Waals surface area (Å²) in [7, 11) is 1.41. The van der Waals surface area contributed by atoms with Crippen molar-refractivity contribution >= 4 is 5.97 Å². The molecule has 1 unspecified atom stereocenters. The van der Waals surface area contributed by atoms with Gasteiger partial charge in [0.05, 0.1) is 7.11 Å². The van der Waals surface area contributed by atoms with Crippen LogP contribution in [0.25, 0.3) is 0 Å². The van der Waals surface area contributed by atoms with E-state index in [-0.39, 0.29) is 5.97 Å². The van der Waals surface area contributed by atoms with Crippen molar-refractivity contribution in [3.63, 3.8) is 0 Å². The third-order valence-corrected chi connectivity index (χ3v) is 2.29. The number of nitrogens with one attached hydrogen (secondary N) is 1. The average Bonchev–Trinajstić information content (AvgIpc) is 2.12. The predicted octanol–water partition coefficient (Wildman–Crippen LogP) is 1.57.